The minimum Gasteiger partial charge on any atom is -0.359 e. The van der Waals surface area contributed by atoms with Gasteiger partial charge in [-0.3, -0.25) is 0 Å². The second kappa shape index (κ2) is 3.61. The SMILES string of the molecule is CCCc1ncc2[nH]c(NC)nc2n1. The van der Waals surface area contributed by atoms with Crippen molar-refractivity contribution in [1.82, 2.24) is 19.9 Å². The highest BCUT2D eigenvalue weighted by Gasteiger charge is 2.03. The van der Waals surface area contributed by atoms with Crippen molar-refractivity contribution in [2.45, 2.75) is 19.8 Å². The zero-order valence-corrected chi connectivity index (χ0v) is 8.33. The fourth-order valence-electron chi connectivity index (χ4n) is 1.31. The molecule has 0 aliphatic heterocycles. The van der Waals surface area contributed by atoms with Gasteiger partial charge in [0.05, 0.1) is 6.20 Å². The second-order valence-electron chi connectivity index (χ2n) is 3.11. The average molecular weight is 191 g/mol. The number of aromatic amines is 1. The summed E-state index contributed by atoms with van der Waals surface area (Å²) in [6.45, 7) is 2.11. The Morgan fingerprint density at radius 1 is 1.43 bits per heavy atom. The van der Waals surface area contributed by atoms with Crippen LogP contribution >= 0.6 is 0 Å². The number of imidazole rings is 1. The van der Waals surface area contributed by atoms with Crippen molar-refractivity contribution in [3.63, 3.8) is 0 Å². The Bertz CT molecular complexity index is 434. The molecule has 0 aromatic carbocycles. The Kier molecular flexibility index (Phi) is 2.30. The number of aromatic nitrogens is 4. The van der Waals surface area contributed by atoms with Crippen molar-refractivity contribution in [3.05, 3.63) is 12.0 Å². The lowest BCUT2D eigenvalue weighted by Crippen LogP contribution is -1.93. The summed E-state index contributed by atoms with van der Waals surface area (Å²) in [5.41, 5.74) is 1.60. The minimum atomic E-state index is 0.725. The molecule has 2 heterocycles. The fourth-order valence-corrected chi connectivity index (χ4v) is 1.31. The third kappa shape index (κ3) is 1.53. The Morgan fingerprint density at radius 3 is 3.00 bits per heavy atom. The van der Waals surface area contributed by atoms with Gasteiger partial charge in [-0.25, -0.2) is 9.97 Å². The van der Waals surface area contributed by atoms with E-state index in [0.29, 0.717) is 0 Å². The van der Waals surface area contributed by atoms with Gasteiger partial charge < -0.3 is 10.3 Å². The zero-order chi connectivity index (χ0) is 9.97. The molecule has 0 amide bonds. The molecule has 0 unspecified atom stereocenters. The lowest BCUT2D eigenvalue weighted by Gasteiger charge is -1.94. The highest BCUT2D eigenvalue weighted by molar-refractivity contribution is 5.72. The van der Waals surface area contributed by atoms with Gasteiger partial charge in [0.2, 0.25) is 5.95 Å². The first-order valence-corrected chi connectivity index (χ1v) is 4.73. The standard InChI is InChI=1S/C9H13N5/c1-3-4-7-11-5-6-8(13-7)14-9(10-2)12-6/h5H,3-4H2,1-2H3,(H2,10,11,12,13,14). The molecule has 0 aliphatic carbocycles. The van der Waals surface area contributed by atoms with Gasteiger partial charge in [-0.05, 0) is 6.42 Å². The molecule has 0 radical (unpaired) electrons. The predicted molar refractivity (Wildman–Crippen MR) is 55.2 cm³/mol. The number of nitrogens with one attached hydrogen (secondary N) is 2. The first-order valence-electron chi connectivity index (χ1n) is 4.73. The molecule has 74 valence electrons. The van der Waals surface area contributed by atoms with E-state index in [0.717, 1.165) is 35.8 Å². The quantitative estimate of drug-likeness (QED) is 0.768. The van der Waals surface area contributed by atoms with E-state index in [1.807, 2.05) is 7.05 Å². The number of aryl methyl sites for hydroxylation is 1. The van der Waals surface area contributed by atoms with Gasteiger partial charge >= 0.3 is 0 Å². The largest absolute Gasteiger partial charge is 0.359 e. The maximum Gasteiger partial charge on any atom is 0.202 e. The number of hydrogen-bond donors (Lipinski definition) is 2. The molecule has 2 rings (SSSR count). The fraction of sp³-hybridized carbons (Fsp3) is 0.444. The molecule has 2 aromatic heterocycles. The average Bonchev–Trinajstić information content (AvgIpc) is 2.60. The maximum absolute atomic E-state index is 4.34. The third-order valence-electron chi connectivity index (χ3n) is 2.00. The highest BCUT2D eigenvalue weighted by Crippen LogP contribution is 2.10. The maximum atomic E-state index is 4.34. The van der Waals surface area contributed by atoms with Crippen molar-refractivity contribution >= 4 is 17.1 Å². The summed E-state index contributed by atoms with van der Waals surface area (Å²) in [7, 11) is 1.82. The lowest BCUT2D eigenvalue weighted by atomic mass is 10.3. The molecule has 14 heavy (non-hydrogen) atoms. The van der Waals surface area contributed by atoms with Crippen LogP contribution in [0.5, 0.6) is 0 Å². The van der Waals surface area contributed by atoms with E-state index in [2.05, 4.69) is 32.2 Å². The van der Waals surface area contributed by atoms with Gasteiger partial charge in [0.25, 0.3) is 0 Å². The molecular formula is C9H13N5. The number of nitrogens with zero attached hydrogens (tertiary/aromatic N) is 3. The van der Waals surface area contributed by atoms with Gasteiger partial charge in [-0.1, -0.05) is 6.92 Å². The minimum absolute atomic E-state index is 0.725. The number of rotatable bonds is 3. The van der Waals surface area contributed by atoms with E-state index in [1.165, 1.54) is 0 Å². The molecule has 0 fully saturated rings. The Morgan fingerprint density at radius 2 is 2.29 bits per heavy atom. The summed E-state index contributed by atoms with van der Waals surface area (Å²) in [4.78, 5) is 15.9. The molecule has 0 spiro atoms. The molecule has 2 N–H and O–H groups in total. The Hall–Kier alpha value is -1.65. The van der Waals surface area contributed by atoms with E-state index >= 15 is 0 Å². The molecule has 5 heteroatoms. The molecule has 0 atom stereocenters. The van der Waals surface area contributed by atoms with Crippen LogP contribution < -0.4 is 5.32 Å². The topological polar surface area (TPSA) is 66.5 Å². The van der Waals surface area contributed by atoms with Crippen LogP contribution in [0.4, 0.5) is 5.95 Å². The van der Waals surface area contributed by atoms with Crippen LogP contribution in [-0.4, -0.2) is 27.0 Å². The molecule has 5 nitrogen and oxygen atoms in total. The summed E-state index contributed by atoms with van der Waals surface area (Å²) in [5, 5.41) is 2.93. The Labute approximate surface area is 82.0 Å². The van der Waals surface area contributed by atoms with Crippen LogP contribution in [0.2, 0.25) is 0 Å². The molecule has 0 aliphatic rings. The van der Waals surface area contributed by atoms with Crippen molar-refractivity contribution in [2.75, 3.05) is 12.4 Å². The summed E-state index contributed by atoms with van der Waals surface area (Å²) in [6, 6.07) is 0. The van der Waals surface area contributed by atoms with Crippen molar-refractivity contribution in [3.8, 4) is 0 Å². The van der Waals surface area contributed by atoms with Gasteiger partial charge in [-0.2, -0.15) is 4.98 Å². The van der Waals surface area contributed by atoms with Crippen LogP contribution in [0, 0.1) is 0 Å². The monoisotopic (exact) mass is 191 g/mol. The predicted octanol–water partition coefficient (Wildman–Crippen LogP) is 1.35. The first-order chi connectivity index (χ1) is 6.83. The lowest BCUT2D eigenvalue weighted by molar-refractivity contribution is 0.842. The smallest absolute Gasteiger partial charge is 0.202 e. The van der Waals surface area contributed by atoms with Crippen LogP contribution in [0.15, 0.2) is 6.20 Å². The van der Waals surface area contributed by atoms with Crippen molar-refractivity contribution < 1.29 is 0 Å². The zero-order valence-electron chi connectivity index (χ0n) is 8.33. The van der Waals surface area contributed by atoms with Crippen LogP contribution in [0.3, 0.4) is 0 Å². The van der Waals surface area contributed by atoms with E-state index < -0.39 is 0 Å². The highest BCUT2D eigenvalue weighted by atomic mass is 15.1. The van der Waals surface area contributed by atoms with Crippen LogP contribution in [0.1, 0.15) is 19.2 Å². The van der Waals surface area contributed by atoms with Gasteiger partial charge in [0.15, 0.2) is 5.65 Å². The summed E-state index contributed by atoms with van der Waals surface area (Å²) >= 11 is 0. The van der Waals surface area contributed by atoms with Crippen LogP contribution in [0.25, 0.3) is 11.2 Å². The second-order valence-corrected chi connectivity index (χ2v) is 3.11. The number of anilines is 1. The van der Waals surface area contributed by atoms with Crippen molar-refractivity contribution in [1.29, 1.82) is 0 Å². The normalized spacial score (nSPS) is 10.7. The summed E-state index contributed by atoms with van der Waals surface area (Å²) < 4.78 is 0. The van der Waals surface area contributed by atoms with E-state index in [-0.39, 0.29) is 0 Å². The molecular weight excluding hydrogens is 178 g/mol. The molecule has 0 saturated carbocycles. The summed E-state index contributed by atoms with van der Waals surface area (Å²) in [6.07, 6.45) is 3.73. The van der Waals surface area contributed by atoms with E-state index in [1.54, 1.807) is 6.20 Å². The van der Waals surface area contributed by atoms with Crippen LogP contribution in [-0.2, 0) is 6.42 Å². The molecule has 0 bridgehead atoms. The van der Waals surface area contributed by atoms with E-state index in [9.17, 15) is 0 Å². The summed E-state index contributed by atoms with van der Waals surface area (Å²) in [5.74, 6) is 1.58. The van der Waals surface area contributed by atoms with E-state index in [4.69, 9.17) is 0 Å². The third-order valence-corrected chi connectivity index (χ3v) is 2.00. The molecule has 0 saturated heterocycles. The number of hydrogen-bond acceptors (Lipinski definition) is 4. The Balaban J connectivity index is 2.43. The first kappa shape index (κ1) is 8.93. The van der Waals surface area contributed by atoms with Gasteiger partial charge in [0.1, 0.15) is 11.3 Å². The van der Waals surface area contributed by atoms with Crippen molar-refractivity contribution in [2.24, 2.45) is 0 Å². The number of fused-ring (bicyclic) bond motifs is 1. The van der Waals surface area contributed by atoms with Gasteiger partial charge in [0, 0.05) is 13.5 Å². The van der Waals surface area contributed by atoms with Gasteiger partial charge in [-0.15, -0.1) is 0 Å². The number of H-pyrrole nitrogens is 1. The molecule has 2 aromatic rings.